The summed E-state index contributed by atoms with van der Waals surface area (Å²) in [6.45, 7) is 5.45. The molecule has 0 aromatic carbocycles. The standard InChI is InChI=1S/C15H20N6O2/c1-14(2,3)13(22)19-10-9(17-7-8-18-10)11-20-12(21-23-11)15(16)5-4-6-15/h7-8H,4-6,16H2,1-3H3,(H,18,19,22). The zero-order chi connectivity index (χ0) is 16.7. The Morgan fingerprint density at radius 2 is 2.00 bits per heavy atom. The van der Waals surface area contributed by atoms with Crippen LogP contribution in [0.1, 0.15) is 45.9 Å². The number of carbonyl (C=O) groups excluding carboxylic acids is 1. The lowest BCUT2D eigenvalue weighted by Crippen LogP contribution is -2.44. The molecule has 1 aliphatic rings. The first-order valence-corrected chi connectivity index (χ1v) is 7.55. The first kappa shape index (κ1) is 15.5. The molecule has 0 saturated heterocycles. The van der Waals surface area contributed by atoms with Crippen LogP contribution >= 0.6 is 0 Å². The summed E-state index contributed by atoms with van der Waals surface area (Å²) in [6.07, 6.45) is 5.72. The molecule has 1 fully saturated rings. The zero-order valence-electron chi connectivity index (χ0n) is 13.5. The third-order valence-electron chi connectivity index (χ3n) is 3.93. The Kier molecular flexibility index (Phi) is 3.63. The minimum Gasteiger partial charge on any atom is -0.332 e. The number of amides is 1. The van der Waals surface area contributed by atoms with E-state index in [1.807, 2.05) is 20.8 Å². The SMILES string of the molecule is CC(C)(C)C(=O)Nc1nccnc1-c1nc(C2(N)CCC2)no1. The molecular formula is C15H20N6O2. The van der Waals surface area contributed by atoms with Crippen LogP contribution < -0.4 is 11.1 Å². The van der Waals surface area contributed by atoms with Crippen LogP contribution in [-0.2, 0) is 10.3 Å². The number of carbonyl (C=O) groups is 1. The topological polar surface area (TPSA) is 120 Å². The van der Waals surface area contributed by atoms with E-state index in [2.05, 4.69) is 25.4 Å². The molecule has 2 aromatic rings. The maximum atomic E-state index is 12.2. The number of rotatable bonds is 3. The van der Waals surface area contributed by atoms with Crippen LogP contribution in [0.2, 0.25) is 0 Å². The Labute approximate surface area is 133 Å². The van der Waals surface area contributed by atoms with Gasteiger partial charge in [0.05, 0.1) is 5.54 Å². The molecular weight excluding hydrogens is 296 g/mol. The van der Waals surface area contributed by atoms with Crippen molar-refractivity contribution < 1.29 is 9.32 Å². The molecule has 0 bridgehead atoms. The molecule has 0 unspecified atom stereocenters. The highest BCUT2D eigenvalue weighted by Crippen LogP contribution is 2.37. The Hall–Kier alpha value is -2.35. The molecule has 0 aliphatic heterocycles. The van der Waals surface area contributed by atoms with E-state index in [9.17, 15) is 4.79 Å². The van der Waals surface area contributed by atoms with Gasteiger partial charge < -0.3 is 15.6 Å². The van der Waals surface area contributed by atoms with Crippen molar-refractivity contribution >= 4 is 11.7 Å². The molecule has 1 aliphatic carbocycles. The van der Waals surface area contributed by atoms with Crippen molar-refractivity contribution in [2.24, 2.45) is 11.1 Å². The van der Waals surface area contributed by atoms with Gasteiger partial charge in [-0.15, -0.1) is 0 Å². The van der Waals surface area contributed by atoms with Crippen molar-refractivity contribution in [2.75, 3.05) is 5.32 Å². The largest absolute Gasteiger partial charge is 0.332 e. The minimum atomic E-state index is -0.554. The number of hydrogen-bond acceptors (Lipinski definition) is 7. The first-order valence-electron chi connectivity index (χ1n) is 7.55. The van der Waals surface area contributed by atoms with Gasteiger partial charge in [-0.25, -0.2) is 9.97 Å². The predicted molar refractivity (Wildman–Crippen MR) is 83.1 cm³/mol. The van der Waals surface area contributed by atoms with Crippen molar-refractivity contribution in [3.05, 3.63) is 18.2 Å². The lowest BCUT2D eigenvalue weighted by molar-refractivity contribution is -0.123. The minimum absolute atomic E-state index is 0.173. The lowest BCUT2D eigenvalue weighted by atomic mass is 9.77. The number of nitrogens with zero attached hydrogens (tertiary/aromatic N) is 4. The van der Waals surface area contributed by atoms with Gasteiger partial charge in [0.2, 0.25) is 5.91 Å². The fourth-order valence-corrected chi connectivity index (χ4v) is 2.18. The predicted octanol–water partition coefficient (Wildman–Crippen LogP) is 1.85. The molecule has 8 heteroatoms. The average Bonchev–Trinajstić information content (AvgIpc) is 2.94. The summed E-state index contributed by atoms with van der Waals surface area (Å²) in [5.74, 6) is 0.794. The molecule has 0 atom stereocenters. The van der Waals surface area contributed by atoms with Crippen LogP contribution in [-0.4, -0.2) is 26.0 Å². The van der Waals surface area contributed by atoms with Crippen molar-refractivity contribution in [2.45, 2.75) is 45.6 Å². The Bertz CT molecular complexity index is 730. The second-order valence-corrected chi connectivity index (χ2v) is 6.89. The Morgan fingerprint density at radius 1 is 1.30 bits per heavy atom. The van der Waals surface area contributed by atoms with Crippen molar-refractivity contribution in [1.29, 1.82) is 0 Å². The van der Waals surface area contributed by atoms with Crippen molar-refractivity contribution in [3.8, 4) is 11.6 Å². The Balaban J connectivity index is 1.90. The van der Waals surface area contributed by atoms with Gasteiger partial charge in [-0.2, -0.15) is 4.98 Å². The van der Waals surface area contributed by atoms with Crippen LogP contribution in [0, 0.1) is 5.41 Å². The summed E-state index contributed by atoms with van der Waals surface area (Å²) in [4.78, 5) is 24.9. The number of nitrogens with two attached hydrogens (primary N) is 1. The van der Waals surface area contributed by atoms with E-state index in [0.29, 0.717) is 17.3 Å². The molecule has 3 N–H and O–H groups in total. The normalized spacial score (nSPS) is 16.7. The van der Waals surface area contributed by atoms with Crippen LogP contribution in [0.25, 0.3) is 11.6 Å². The van der Waals surface area contributed by atoms with Gasteiger partial charge in [-0.1, -0.05) is 25.9 Å². The van der Waals surface area contributed by atoms with Gasteiger partial charge >= 0.3 is 0 Å². The van der Waals surface area contributed by atoms with E-state index < -0.39 is 11.0 Å². The van der Waals surface area contributed by atoms with Crippen LogP contribution in [0.3, 0.4) is 0 Å². The summed E-state index contributed by atoms with van der Waals surface area (Å²) in [5, 5.41) is 6.72. The molecule has 3 rings (SSSR count). The monoisotopic (exact) mass is 316 g/mol. The van der Waals surface area contributed by atoms with E-state index in [0.717, 1.165) is 19.3 Å². The maximum absolute atomic E-state index is 12.2. The van der Waals surface area contributed by atoms with Gasteiger partial charge in [-0.05, 0) is 19.3 Å². The third-order valence-corrected chi connectivity index (χ3v) is 3.93. The second kappa shape index (κ2) is 5.38. The number of hydrogen-bond donors (Lipinski definition) is 2. The van der Waals surface area contributed by atoms with Gasteiger partial charge in [0.1, 0.15) is 0 Å². The van der Waals surface area contributed by atoms with E-state index in [-0.39, 0.29) is 11.8 Å². The van der Waals surface area contributed by atoms with E-state index >= 15 is 0 Å². The van der Waals surface area contributed by atoms with Crippen molar-refractivity contribution in [1.82, 2.24) is 20.1 Å². The summed E-state index contributed by atoms with van der Waals surface area (Å²) in [7, 11) is 0. The van der Waals surface area contributed by atoms with Gasteiger partial charge in [0.15, 0.2) is 17.3 Å². The van der Waals surface area contributed by atoms with E-state index in [1.54, 1.807) is 0 Å². The van der Waals surface area contributed by atoms with E-state index in [4.69, 9.17) is 10.3 Å². The average molecular weight is 316 g/mol. The molecule has 23 heavy (non-hydrogen) atoms. The van der Waals surface area contributed by atoms with Gasteiger partial charge in [-0.3, -0.25) is 4.79 Å². The smallest absolute Gasteiger partial charge is 0.280 e. The van der Waals surface area contributed by atoms with Crippen molar-refractivity contribution in [3.63, 3.8) is 0 Å². The molecule has 1 saturated carbocycles. The second-order valence-electron chi connectivity index (χ2n) is 6.89. The summed E-state index contributed by atoms with van der Waals surface area (Å²) in [6, 6.07) is 0. The van der Waals surface area contributed by atoms with Crippen LogP contribution in [0.15, 0.2) is 16.9 Å². The quantitative estimate of drug-likeness (QED) is 0.886. The van der Waals surface area contributed by atoms with Crippen LogP contribution in [0.5, 0.6) is 0 Å². The lowest BCUT2D eigenvalue weighted by Gasteiger charge is -2.34. The first-order chi connectivity index (χ1) is 10.8. The summed E-state index contributed by atoms with van der Waals surface area (Å²) < 4.78 is 5.29. The highest BCUT2D eigenvalue weighted by atomic mass is 16.5. The number of anilines is 1. The van der Waals surface area contributed by atoms with Crippen LogP contribution in [0.4, 0.5) is 5.82 Å². The Morgan fingerprint density at radius 3 is 2.61 bits per heavy atom. The number of nitrogens with one attached hydrogen (secondary N) is 1. The summed E-state index contributed by atoms with van der Waals surface area (Å²) >= 11 is 0. The number of aromatic nitrogens is 4. The van der Waals surface area contributed by atoms with Gasteiger partial charge in [0, 0.05) is 17.8 Å². The fraction of sp³-hybridized carbons (Fsp3) is 0.533. The molecule has 2 aromatic heterocycles. The highest BCUT2D eigenvalue weighted by Gasteiger charge is 2.39. The molecule has 2 heterocycles. The maximum Gasteiger partial charge on any atom is 0.280 e. The summed E-state index contributed by atoms with van der Waals surface area (Å²) in [5.41, 5.74) is 5.47. The van der Waals surface area contributed by atoms with E-state index in [1.165, 1.54) is 12.4 Å². The third kappa shape index (κ3) is 2.94. The molecule has 0 spiro atoms. The molecule has 0 radical (unpaired) electrons. The molecule has 8 nitrogen and oxygen atoms in total. The highest BCUT2D eigenvalue weighted by molar-refractivity contribution is 5.95. The van der Waals surface area contributed by atoms with Gasteiger partial charge in [0.25, 0.3) is 5.89 Å². The fourth-order valence-electron chi connectivity index (χ4n) is 2.18. The zero-order valence-corrected chi connectivity index (χ0v) is 13.5. The molecule has 122 valence electrons. The molecule has 1 amide bonds.